The summed E-state index contributed by atoms with van der Waals surface area (Å²) in [4.78, 5) is 13.9. The first-order valence-electron chi connectivity index (χ1n) is 6.32. The zero-order chi connectivity index (χ0) is 16.3. The van der Waals surface area contributed by atoms with Crippen LogP contribution in [0.4, 0.5) is 0 Å². The van der Waals surface area contributed by atoms with Crippen molar-refractivity contribution in [3.8, 4) is 11.3 Å². The molecule has 0 aliphatic rings. The average Bonchev–Trinajstić information content (AvgIpc) is 2.88. The number of esters is 1. The van der Waals surface area contributed by atoms with Gasteiger partial charge in [0.05, 0.1) is 17.2 Å². The van der Waals surface area contributed by atoms with E-state index in [9.17, 15) is 4.79 Å². The van der Waals surface area contributed by atoms with Crippen molar-refractivity contribution in [3.63, 3.8) is 0 Å². The van der Waals surface area contributed by atoms with E-state index in [2.05, 4.69) is 5.16 Å². The van der Waals surface area contributed by atoms with Gasteiger partial charge in [-0.1, -0.05) is 34.4 Å². The molecule has 0 spiro atoms. The van der Waals surface area contributed by atoms with Crippen molar-refractivity contribution in [1.29, 1.82) is 0 Å². The summed E-state index contributed by atoms with van der Waals surface area (Å²) in [6.45, 7) is 0. The van der Waals surface area contributed by atoms with Crippen molar-refractivity contribution in [2.24, 2.45) is 0 Å². The maximum atomic E-state index is 12.1. The number of aromatic nitrogens is 1. The van der Waals surface area contributed by atoms with Gasteiger partial charge in [0.15, 0.2) is 5.76 Å². The molecule has 1 aromatic heterocycles. The molecule has 0 atom stereocenters. The van der Waals surface area contributed by atoms with Crippen molar-refractivity contribution in [1.82, 2.24) is 10.1 Å². The predicted octanol–water partition coefficient (Wildman–Crippen LogP) is 3.97. The third-order valence-corrected chi connectivity index (χ3v) is 3.46. The van der Waals surface area contributed by atoms with E-state index >= 15 is 0 Å². The first-order chi connectivity index (χ1) is 10.5. The van der Waals surface area contributed by atoms with E-state index in [-0.39, 0.29) is 17.0 Å². The molecule has 0 radical (unpaired) electrons. The zero-order valence-corrected chi connectivity index (χ0v) is 13.8. The lowest BCUT2D eigenvalue weighted by Crippen LogP contribution is -2.05. The highest BCUT2D eigenvalue weighted by atomic mass is 35.5. The van der Waals surface area contributed by atoms with Crippen LogP contribution < -0.4 is 0 Å². The van der Waals surface area contributed by atoms with E-state index < -0.39 is 5.97 Å². The highest BCUT2D eigenvalue weighted by Gasteiger charge is 2.26. The summed E-state index contributed by atoms with van der Waals surface area (Å²) in [6.07, 6.45) is 3.35. The number of ether oxygens (including phenoxy) is 1. The smallest absolute Gasteiger partial charge is 0.344 e. The second-order valence-corrected chi connectivity index (χ2v) is 5.45. The van der Waals surface area contributed by atoms with Gasteiger partial charge in [-0.15, -0.1) is 0 Å². The number of hydrogen-bond donors (Lipinski definition) is 0. The number of benzene rings is 1. The molecule has 0 saturated carbocycles. The van der Waals surface area contributed by atoms with Gasteiger partial charge in [-0.25, -0.2) is 4.79 Å². The van der Waals surface area contributed by atoms with Crippen LogP contribution in [-0.4, -0.2) is 37.2 Å². The molecule has 0 N–H and O–H groups in total. The van der Waals surface area contributed by atoms with E-state index in [0.29, 0.717) is 15.6 Å². The van der Waals surface area contributed by atoms with Crippen LogP contribution in [0.15, 0.2) is 28.9 Å². The first kappa shape index (κ1) is 16.4. The molecule has 1 aromatic carbocycles. The number of carbonyl (C=O) groups is 1. The fourth-order valence-corrected chi connectivity index (χ4v) is 2.40. The number of nitrogens with zero attached hydrogens (tertiary/aromatic N) is 2. The van der Waals surface area contributed by atoms with Crippen LogP contribution in [0, 0.1) is 0 Å². The van der Waals surface area contributed by atoms with Gasteiger partial charge in [-0.2, -0.15) is 0 Å². The number of rotatable bonds is 4. The molecule has 0 aliphatic carbocycles. The monoisotopic (exact) mass is 340 g/mol. The number of halogens is 2. The van der Waals surface area contributed by atoms with Crippen LogP contribution in [0.25, 0.3) is 17.3 Å². The third-order valence-electron chi connectivity index (χ3n) is 2.83. The van der Waals surface area contributed by atoms with Gasteiger partial charge >= 0.3 is 5.97 Å². The normalized spacial score (nSPS) is 11.0. The Balaban J connectivity index is 2.65. The SMILES string of the molecule is COC(=O)c1c(-c2c(Cl)cccc2Cl)noc1/C=C\N(C)C. The van der Waals surface area contributed by atoms with Crippen molar-refractivity contribution in [2.45, 2.75) is 0 Å². The summed E-state index contributed by atoms with van der Waals surface area (Å²) in [5.74, 6) is -0.308. The molecule has 2 aromatic rings. The van der Waals surface area contributed by atoms with Crippen molar-refractivity contribution in [2.75, 3.05) is 21.2 Å². The quantitative estimate of drug-likeness (QED) is 0.788. The molecule has 7 heteroatoms. The molecule has 22 heavy (non-hydrogen) atoms. The Labute approximate surface area is 138 Å². The van der Waals surface area contributed by atoms with E-state index in [1.165, 1.54) is 7.11 Å². The van der Waals surface area contributed by atoms with Crippen LogP contribution in [0.1, 0.15) is 16.1 Å². The second-order valence-electron chi connectivity index (χ2n) is 4.64. The van der Waals surface area contributed by atoms with Gasteiger partial charge in [0.25, 0.3) is 0 Å². The van der Waals surface area contributed by atoms with Crippen molar-refractivity contribution >= 4 is 35.2 Å². The van der Waals surface area contributed by atoms with Gasteiger partial charge in [0.2, 0.25) is 0 Å². The topological polar surface area (TPSA) is 55.6 Å². The average molecular weight is 341 g/mol. The molecular weight excluding hydrogens is 327 g/mol. The molecule has 0 unspecified atom stereocenters. The number of methoxy groups -OCH3 is 1. The Morgan fingerprint density at radius 2 is 1.95 bits per heavy atom. The third kappa shape index (κ3) is 3.26. The molecule has 5 nitrogen and oxygen atoms in total. The minimum absolute atomic E-state index is 0.176. The highest BCUT2D eigenvalue weighted by molar-refractivity contribution is 6.39. The van der Waals surface area contributed by atoms with E-state index in [1.54, 1.807) is 35.4 Å². The highest BCUT2D eigenvalue weighted by Crippen LogP contribution is 2.37. The summed E-state index contributed by atoms with van der Waals surface area (Å²) >= 11 is 12.4. The molecule has 1 heterocycles. The maximum Gasteiger partial charge on any atom is 0.344 e. The van der Waals surface area contributed by atoms with E-state index in [1.807, 2.05) is 14.1 Å². The van der Waals surface area contributed by atoms with Gasteiger partial charge in [-0.05, 0) is 12.1 Å². The lowest BCUT2D eigenvalue weighted by atomic mass is 10.1. The fourth-order valence-electron chi connectivity index (χ4n) is 1.83. The molecule has 0 amide bonds. The van der Waals surface area contributed by atoms with Crippen LogP contribution in [0.2, 0.25) is 10.0 Å². The largest absolute Gasteiger partial charge is 0.465 e. The van der Waals surface area contributed by atoms with Gasteiger partial charge in [0.1, 0.15) is 11.3 Å². The van der Waals surface area contributed by atoms with Gasteiger partial charge in [-0.3, -0.25) is 0 Å². The van der Waals surface area contributed by atoms with Crippen LogP contribution in [-0.2, 0) is 4.74 Å². The van der Waals surface area contributed by atoms with Gasteiger partial charge in [0, 0.05) is 31.9 Å². The molecule has 2 rings (SSSR count). The molecule has 0 fully saturated rings. The Kier molecular flexibility index (Phi) is 5.11. The molecule has 0 bridgehead atoms. The maximum absolute atomic E-state index is 12.1. The predicted molar refractivity (Wildman–Crippen MR) is 86.0 cm³/mol. The molecule has 116 valence electrons. The van der Waals surface area contributed by atoms with Crippen LogP contribution in [0.5, 0.6) is 0 Å². The molecular formula is C15H14Cl2N2O3. The summed E-state index contributed by atoms with van der Waals surface area (Å²) < 4.78 is 10.1. The Morgan fingerprint density at radius 1 is 1.32 bits per heavy atom. The summed E-state index contributed by atoms with van der Waals surface area (Å²) in [6, 6.07) is 5.03. The Hall–Kier alpha value is -1.98. The Bertz CT molecular complexity index is 703. The van der Waals surface area contributed by atoms with Gasteiger partial charge < -0.3 is 14.2 Å². The van der Waals surface area contributed by atoms with Crippen molar-refractivity contribution in [3.05, 3.63) is 45.8 Å². The summed E-state index contributed by atoms with van der Waals surface area (Å²) in [5.41, 5.74) is 0.857. The van der Waals surface area contributed by atoms with Crippen molar-refractivity contribution < 1.29 is 14.1 Å². The van der Waals surface area contributed by atoms with Crippen LogP contribution in [0.3, 0.4) is 0 Å². The standard InChI is InChI=1S/C15H14Cl2N2O3/c1-19(2)8-7-11-13(15(20)21-3)14(18-22-11)12-9(16)5-4-6-10(12)17/h4-8H,1-3H3/b8-7-. The van der Waals surface area contributed by atoms with Crippen LogP contribution >= 0.6 is 23.2 Å². The molecule has 0 aliphatic heterocycles. The minimum atomic E-state index is -0.578. The first-order valence-corrected chi connectivity index (χ1v) is 7.08. The summed E-state index contributed by atoms with van der Waals surface area (Å²) in [5, 5.41) is 4.68. The lowest BCUT2D eigenvalue weighted by Gasteiger charge is -2.06. The fraction of sp³-hybridized carbons (Fsp3) is 0.200. The zero-order valence-electron chi connectivity index (χ0n) is 12.3. The minimum Gasteiger partial charge on any atom is -0.465 e. The number of hydrogen-bond acceptors (Lipinski definition) is 5. The number of carbonyl (C=O) groups excluding carboxylic acids is 1. The van der Waals surface area contributed by atoms with E-state index in [4.69, 9.17) is 32.5 Å². The Morgan fingerprint density at radius 3 is 2.50 bits per heavy atom. The summed E-state index contributed by atoms with van der Waals surface area (Å²) in [7, 11) is 4.97. The second kappa shape index (κ2) is 6.85. The lowest BCUT2D eigenvalue weighted by molar-refractivity contribution is 0.0600. The molecule has 0 saturated heterocycles. The van der Waals surface area contributed by atoms with E-state index in [0.717, 1.165) is 0 Å².